The van der Waals surface area contributed by atoms with Crippen molar-refractivity contribution in [2.45, 2.75) is 25.3 Å². The summed E-state index contributed by atoms with van der Waals surface area (Å²) in [6.45, 7) is 0. The SMILES string of the molecule is N#Cc1ccc(Cl)c(-n2ccc3c2CCCC3N)c1. The molecular weight excluding hydrogens is 258 g/mol. The van der Waals surface area contributed by atoms with Crippen molar-refractivity contribution in [2.75, 3.05) is 0 Å². The second-order valence-corrected chi connectivity index (χ2v) is 5.27. The quantitative estimate of drug-likeness (QED) is 0.865. The van der Waals surface area contributed by atoms with Crippen LogP contribution < -0.4 is 5.73 Å². The topological polar surface area (TPSA) is 54.7 Å². The van der Waals surface area contributed by atoms with Crippen molar-refractivity contribution in [1.29, 1.82) is 5.26 Å². The maximum absolute atomic E-state index is 9.01. The molecule has 0 saturated heterocycles. The smallest absolute Gasteiger partial charge is 0.0992 e. The molecule has 1 unspecified atom stereocenters. The van der Waals surface area contributed by atoms with Crippen LogP contribution in [0, 0.1) is 11.3 Å². The van der Waals surface area contributed by atoms with E-state index in [-0.39, 0.29) is 6.04 Å². The van der Waals surface area contributed by atoms with E-state index >= 15 is 0 Å². The lowest BCUT2D eigenvalue weighted by atomic mass is 9.93. The van der Waals surface area contributed by atoms with E-state index in [1.165, 1.54) is 11.3 Å². The summed E-state index contributed by atoms with van der Waals surface area (Å²) in [6.07, 6.45) is 5.12. The summed E-state index contributed by atoms with van der Waals surface area (Å²) in [4.78, 5) is 0. The number of benzene rings is 1. The molecule has 0 radical (unpaired) electrons. The molecule has 0 spiro atoms. The Bertz CT molecular complexity index is 667. The highest BCUT2D eigenvalue weighted by atomic mass is 35.5. The number of hydrogen-bond acceptors (Lipinski definition) is 2. The molecule has 2 N–H and O–H groups in total. The van der Waals surface area contributed by atoms with E-state index in [2.05, 4.69) is 16.7 Å². The second-order valence-electron chi connectivity index (χ2n) is 4.86. The summed E-state index contributed by atoms with van der Waals surface area (Å²) in [5, 5.41) is 9.66. The van der Waals surface area contributed by atoms with E-state index in [9.17, 15) is 0 Å². The molecule has 1 aromatic heterocycles. The van der Waals surface area contributed by atoms with Crippen molar-refractivity contribution in [3.05, 3.63) is 52.3 Å². The summed E-state index contributed by atoms with van der Waals surface area (Å²) in [5.41, 5.74) is 10.0. The van der Waals surface area contributed by atoms with E-state index in [4.69, 9.17) is 22.6 Å². The van der Waals surface area contributed by atoms with Crippen LogP contribution in [0.4, 0.5) is 0 Å². The van der Waals surface area contributed by atoms with Gasteiger partial charge in [0.25, 0.3) is 0 Å². The van der Waals surface area contributed by atoms with Gasteiger partial charge >= 0.3 is 0 Å². The van der Waals surface area contributed by atoms with Gasteiger partial charge in [-0.25, -0.2) is 0 Å². The normalized spacial score (nSPS) is 17.8. The number of nitriles is 1. The molecule has 0 fully saturated rings. The minimum atomic E-state index is 0.114. The first-order chi connectivity index (χ1) is 9.20. The molecule has 3 rings (SSSR count). The van der Waals surface area contributed by atoms with Crippen molar-refractivity contribution in [2.24, 2.45) is 5.73 Å². The molecule has 4 heteroatoms. The van der Waals surface area contributed by atoms with Crippen LogP contribution in [-0.2, 0) is 6.42 Å². The van der Waals surface area contributed by atoms with Crippen molar-refractivity contribution < 1.29 is 0 Å². The predicted molar refractivity (Wildman–Crippen MR) is 75.4 cm³/mol. The first kappa shape index (κ1) is 12.3. The lowest BCUT2D eigenvalue weighted by molar-refractivity contribution is 0.560. The highest BCUT2D eigenvalue weighted by molar-refractivity contribution is 6.32. The maximum atomic E-state index is 9.01. The molecule has 1 aliphatic rings. The minimum absolute atomic E-state index is 0.114. The fraction of sp³-hybridized carbons (Fsp3) is 0.267. The lowest BCUT2D eigenvalue weighted by Crippen LogP contribution is -2.17. The van der Waals surface area contributed by atoms with Gasteiger partial charge in [0.15, 0.2) is 0 Å². The molecule has 3 nitrogen and oxygen atoms in total. The Balaban J connectivity index is 2.16. The van der Waals surface area contributed by atoms with Gasteiger partial charge in [-0.2, -0.15) is 5.26 Å². The van der Waals surface area contributed by atoms with Gasteiger partial charge in [-0.1, -0.05) is 11.6 Å². The van der Waals surface area contributed by atoms with E-state index in [0.717, 1.165) is 24.9 Å². The van der Waals surface area contributed by atoms with Crippen LogP contribution in [0.3, 0.4) is 0 Å². The van der Waals surface area contributed by atoms with Crippen LogP contribution in [-0.4, -0.2) is 4.57 Å². The van der Waals surface area contributed by atoms with Crippen LogP contribution in [0.1, 0.15) is 35.7 Å². The number of nitrogens with zero attached hydrogens (tertiary/aromatic N) is 2. The molecule has 0 bridgehead atoms. The monoisotopic (exact) mass is 271 g/mol. The van der Waals surface area contributed by atoms with Crippen LogP contribution in [0.5, 0.6) is 0 Å². The lowest BCUT2D eigenvalue weighted by Gasteiger charge is -2.21. The van der Waals surface area contributed by atoms with Crippen LogP contribution in [0.15, 0.2) is 30.5 Å². The summed E-state index contributed by atoms with van der Waals surface area (Å²) < 4.78 is 2.07. The largest absolute Gasteiger partial charge is 0.324 e. The van der Waals surface area contributed by atoms with Crippen LogP contribution >= 0.6 is 11.6 Å². The fourth-order valence-corrected chi connectivity index (χ4v) is 2.93. The zero-order valence-corrected chi connectivity index (χ0v) is 11.2. The third kappa shape index (κ3) is 2.03. The van der Waals surface area contributed by atoms with E-state index in [0.29, 0.717) is 10.6 Å². The average molecular weight is 272 g/mol. The number of halogens is 1. The van der Waals surface area contributed by atoms with Crippen molar-refractivity contribution in [3.8, 4) is 11.8 Å². The number of hydrogen-bond donors (Lipinski definition) is 1. The van der Waals surface area contributed by atoms with Crippen molar-refractivity contribution in [3.63, 3.8) is 0 Å². The van der Waals surface area contributed by atoms with Crippen molar-refractivity contribution in [1.82, 2.24) is 4.57 Å². The van der Waals surface area contributed by atoms with E-state index in [1.54, 1.807) is 12.1 Å². The highest BCUT2D eigenvalue weighted by Crippen LogP contribution is 2.32. The van der Waals surface area contributed by atoms with Gasteiger partial charge in [0.2, 0.25) is 0 Å². The minimum Gasteiger partial charge on any atom is -0.324 e. The Morgan fingerprint density at radius 1 is 1.37 bits per heavy atom. The Hall–Kier alpha value is -1.76. The van der Waals surface area contributed by atoms with Gasteiger partial charge < -0.3 is 10.3 Å². The molecule has 0 saturated carbocycles. The maximum Gasteiger partial charge on any atom is 0.0992 e. The second kappa shape index (κ2) is 4.73. The summed E-state index contributed by atoms with van der Waals surface area (Å²) >= 11 is 6.26. The fourth-order valence-electron chi connectivity index (χ4n) is 2.72. The van der Waals surface area contributed by atoms with Gasteiger partial charge in [0.1, 0.15) is 0 Å². The van der Waals surface area contributed by atoms with Gasteiger partial charge in [-0.05, 0) is 49.1 Å². The molecular formula is C15H14ClN3. The average Bonchev–Trinajstić information content (AvgIpc) is 2.85. The molecule has 1 aliphatic carbocycles. The third-order valence-electron chi connectivity index (χ3n) is 3.69. The first-order valence-corrected chi connectivity index (χ1v) is 6.74. The molecule has 0 aliphatic heterocycles. The molecule has 1 heterocycles. The third-order valence-corrected chi connectivity index (χ3v) is 4.01. The molecule has 96 valence electrons. The predicted octanol–water partition coefficient (Wildman–Crippen LogP) is 3.34. The summed E-state index contributed by atoms with van der Waals surface area (Å²) in [7, 11) is 0. The van der Waals surface area contributed by atoms with Gasteiger partial charge in [0.05, 0.1) is 22.3 Å². The number of nitrogens with two attached hydrogens (primary N) is 1. The molecule has 1 aromatic carbocycles. The summed E-state index contributed by atoms with van der Waals surface area (Å²) in [6, 6.07) is 9.65. The molecule has 19 heavy (non-hydrogen) atoms. The van der Waals surface area contributed by atoms with Crippen LogP contribution in [0.25, 0.3) is 5.69 Å². The Morgan fingerprint density at radius 2 is 2.21 bits per heavy atom. The number of rotatable bonds is 1. The van der Waals surface area contributed by atoms with E-state index in [1.807, 2.05) is 12.3 Å². The van der Waals surface area contributed by atoms with Gasteiger partial charge in [-0.3, -0.25) is 0 Å². The van der Waals surface area contributed by atoms with Crippen molar-refractivity contribution >= 4 is 11.6 Å². The van der Waals surface area contributed by atoms with Crippen LogP contribution in [0.2, 0.25) is 5.02 Å². The summed E-state index contributed by atoms with van der Waals surface area (Å²) in [5.74, 6) is 0. The zero-order valence-electron chi connectivity index (χ0n) is 10.4. The van der Waals surface area contributed by atoms with Gasteiger partial charge in [0, 0.05) is 17.9 Å². The molecule has 2 aromatic rings. The van der Waals surface area contributed by atoms with Gasteiger partial charge in [-0.15, -0.1) is 0 Å². The Labute approximate surface area is 117 Å². The standard InChI is InChI=1S/C15H14ClN3/c16-12-5-4-10(9-17)8-15(12)19-7-6-11-13(18)2-1-3-14(11)19/h4-8,13H,1-3,18H2. The Morgan fingerprint density at radius 3 is 3.00 bits per heavy atom. The highest BCUT2D eigenvalue weighted by Gasteiger charge is 2.21. The van der Waals surface area contributed by atoms with E-state index < -0.39 is 0 Å². The number of aromatic nitrogens is 1. The molecule has 0 amide bonds. The zero-order chi connectivity index (χ0) is 13.4. The number of fused-ring (bicyclic) bond motifs is 1. The molecule has 1 atom stereocenters. The first-order valence-electron chi connectivity index (χ1n) is 6.36. The Kier molecular flexibility index (Phi) is 3.06.